The van der Waals surface area contributed by atoms with Crippen LogP contribution in [0.3, 0.4) is 0 Å². The number of rotatable bonds is 1. The topological polar surface area (TPSA) is 12.0 Å². The molecule has 0 saturated carbocycles. The molecule has 0 amide bonds. The Balaban J connectivity index is 2.36. The smallest absolute Gasteiger partial charge is 0.127 e. The van der Waals surface area contributed by atoms with E-state index in [0.717, 1.165) is 41.5 Å². The summed E-state index contributed by atoms with van der Waals surface area (Å²) in [4.78, 5) is 0. The SMILES string of the molecule is Cc1c(Br)ccc(F)c1C1CCNCC1. The fourth-order valence-electron chi connectivity index (χ4n) is 2.28. The summed E-state index contributed by atoms with van der Waals surface area (Å²) in [6.07, 6.45) is 2.07. The predicted octanol–water partition coefficient (Wildman–Crippen LogP) is 3.36. The summed E-state index contributed by atoms with van der Waals surface area (Å²) in [6.45, 7) is 3.98. The van der Waals surface area contributed by atoms with E-state index in [-0.39, 0.29) is 5.82 Å². The molecule has 1 fully saturated rings. The quantitative estimate of drug-likeness (QED) is 0.826. The van der Waals surface area contributed by atoms with E-state index in [0.29, 0.717) is 5.92 Å². The summed E-state index contributed by atoms with van der Waals surface area (Å²) in [5.74, 6) is 0.325. The molecule has 3 heteroatoms. The maximum absolute atomic E-state index is 13.8. The average molecular weight is 272 g/mol. The highest BCUT2D eigenvalue weighted by Crippen LogP contribution is 2.33. The molecule has 2 rings (SSSR count). The van der Waals surface area contributed by atoms with Crippen LogP contribution in [0.2, 0.25) is 0 Å². The zero-order chi connectivity index (χ0) is 10.8. The van der Waals surface area contributed by atoms with Crippen molar-refractivity contribution < 1.29 is 4.39 Å². The lowest BCUT2D eigenvalue weighted by Crippen LogP contribution is -2.27. The van der Waals surface area contributed by atoms with Crippen molar-refractivity contribution in [1.82, 2.24) is 5.32 Å². The molecule has 82 valence electrons. The fourth-order valence-corrected chi connectivity index (χ4v) is 2.63. The monoisotopic (exact) mass is 271 g/mol. The van der Waals surface area contributed by atoms with Gasteiger partial charge in [-0.2, -0.15) is 0 Å². The van der Waals surface area contributed by atoms with E-state index in [2.05, 4.69) is 21.2 Å². The third kappa shape index (κ3) is 2.23. The Morgan fingerprint density at radius 2 is 2.00 bits per heavy atom. The summed E-state index contributed by atoms with van der Waals surface area (Å²) < 4.78 is 14.8. The van der Waals surface area contributed by atoms with E-state index in [9.17, 15) is 4.39 Å². The molecule has 1 aliphatic rings. The van der Waals surface area contributed by atoms with E-state index in [4.69, 9.17) is 0 Å². The Morgan fingerprint density at radius 1 is 1.33 bits per heavy atom. The number of benzene rings is 1. The summed E-state index contributed by atoms with van der Waals surface area (Å²) in [5, 5.41) is 3.30. The molecule has 0 unspecified atom stereocenters. The van der Waals surface area contributed by atoms with Crippen LogP contribution in [0.4, 0.5) is 4.39 Å². The first-order chi connectivity index (χ1) is 7.20. The molecule has 1 aromatic rings. The summed E-state index contributed by atoms with van der Waals surface area (Å²) in [5.41, 5.74) is 1.97. The minimum Gasteiger partial charge on any atom is -0.317 e. The largest absolute Gasteiger partial charge is 0.317 e. The lowest BCUT2D eigenvalue weighted by atomic mass is 9.87. The molecule has 0 bridgehead atoms. The van der Waals surface area contributed by atoms with Gasteiger partial charge in [-0.15, -0.1) is 0 Å². The number of nitrogens with one attached hydrogen (secondary N) is 1. The van der Waals surface area contributed by atoms with Crippen LogP contribution in [0.15, 0.2) is 16.6 Å². The highest BCUT2D eigenvalue weighted by Gasteiger charge is 2.21. The van der Waals surface area contributed by atoms with Gasteiger partial charge in [0.1, 0.15) is 5.82 Å². The van der Waals surface area contributed by atoms with Gasteiger partial charge in [-0.3, -0.25) is 0 Å². The fraction of sp³-hybridized carbons (Fsp3) is 0.500. The summed E-state index contributed by atoms with van der Waals surface area (Å²) in [7, 11) is 0. The third-order valence-corrected chi connectivity index (χ3v) is 4.00. The van der Waals surface area contributed by atoms with Gasteiger partial charge in [-0.05, 0) is 62.0 Å². The van der Waals surface area contributed by atoms with Gasteiger partial charge in [-0.25, -0.2) is 4.39 Å². The molecular weight excluding hydrogens is 257 g/mol. The van der Waals surface area contributed by atoms with Gasteiger partial charge < -0.3 is 5.32 Å². The first kappa shape index (κ1) is 11.1. The molecule has 1 saturated heterocycles. The van der Waals surface area contributed by atoms with Crippen molar-refractivity contribution in [2.75, 3.05) is 13.1 Å². The molecule has 0 aliphatic carbocycles. The molecule has 1 N–H and O–H groups in total. The van der Waals surface area contributed by atoms with E-state index in [1.807, 2.05) is 6.92 Å². The van der Waals surface area contributed by atoms with Crippen molar-refractivity contribution in [3.8, 4) is 0 Å². The molecule has 1 aromatic carbocycles. The molecular formula is C12H15BrFN. The van der Waals surface area contributed by atoms with Gasteiger partial charge in [0, 0.05) is 4.47 Å². The Hall–Kier alpha value is -0.410. The van der Waals surface area contributed by atoms with Crippen molar-refractivity contribution in [2.24, 2.45) is 0 Å². The van der Waals surface area contributed by atoms with Crippen LogP contribution in [0.5, 0.6) is 0 Å². The zero-order valence-corrected chi connectivity index (χ0v) is 10.4. The van der Waals surface area contributed by atoms with E-state index in [1.165, 1.54) is 0 Å². The van der Waals surface area contributed by atoms with Crippen LogP contribution in [0, 0.1) is 12.7 Å². The lowest BCUT2D eigenvalue weighted by Gasteiger charge is -2.25. The average Bonchev–Trinajstić information content (AvgIpc) is 2.26. The third-order valence-electron chi connectivity index (χ3n) is 3.14. The van der Waals surface area contributed by atoms with Crippen LogP contribution in [-0.2, 0) is 0 Å². The van der Waals surface area contributed by atoms with Crippen molar-refractivity contribution in [2.45, 2.75) is 25.7 Å². The minimum atomic E-state index is -0.0531. The van der Waals surface area contributed by atoms with Crippen molar-refractivity contribution in [1.29, 1.82) is 0 Å². The first-order valence-electron chi connectivity index (χ1n) is 5.35. The van der Waals surface area contributed by atoms with Crippen molar-refractivity contribution in [3.05, 3.63) is 33.5 Å². The van der Waals surface area contributed by atoms with Gasteiger partial charge in [0.05, 0.1) is 0 Å². The molecule has 1 aliphatic heterocycles. The molecule has 0 spiro atoms. The van der Waals surface area contributed by atoms with Crippen LogP contribution in [0.25, 0.3) is 0 Å². The molecule has 1 heterocycles. The number of halogens is 2. The van der Waals surface area contributed by atoms with E-state index in [1.54, 1.807) is 12.1 Å². The maximum Gasteiger partial charge on any atom is 0.127 e. The van der Waals surface area contributed by atoms with Gasteiger partial charge >= 0.3 is 0 Å². The molecule has 0 radical (unpaired) electrons. The Kier molecular flexibility index (Phi) is 3.42. The van der Waals surface area contributed by atoms with E-state index < -0.39 is 0 Å². The van der Waals surface area contributed by atoms with Gasteiger partial charge in [0.25, 0.3) is 0 Å². The highest BCUT2D eigenvalue weighted by molar-refractivity contribution is 9.10. The summed E-state index contributed by atoms with van der Waals surface area (Å²) >= 11 is 3.46. The Morgan fingerprint density at radius 3 is 2.67 bits per heavy atom. The van der Waals surface area contributed by atoms with Gasteiger partial charge in [-0.1, -0.05) is 15.9 Å². The van der Waals surface area contributed by atoms with Crippen molar-refractivity contribution >= 4 is 15.9 Å². The Labute approximate surface area is 98.2 Å². The number of piperidine rings is 1. The van der Waals surface area contributed by atoms with Gasteiger partial charge in [0.2, 0.25) is 0 Å². The second-order valence-corrected chi connectivity index (χ2v) is 4.95. The predicted molar refractivity (Wildman–Crippen MR) is 63.7 cm³/mol. The molecule has 0 atom stereocenters. The lowest BCUT2D eigenvalue weighted by molar-refractivity contribution is 0.443. The Bertz CT molecular complexity index is 359. The first-order valence-corrected chi connectivity index (χ1v) is 6.14. The summed E-state index contributed by atoms with van der Waals surface area (Å²) in [6, 6.07) is 3.35. The highest BCUT2D eigenvalue weighted by atomic mass is 79.9. The van der Waals surface area contributed by atoms with Crippen LogP contribution < -0.4 is 5.32 Å². The van der Waals surface area contributed by atoms with Crippen LogP contribution >= 0.6 is 15.9 Å². The number of hydrogen-bond donors (Lipinski definition) is 1. The zero-order valence-electron chi connectivity index (χ0n) is 8.82. The van der Waals surface area contributed by atoms with Crippen molar-refractivity contribution in [3.63, 3.8) is 0 Å². The van der Waals surface area contributed by atoms with E-state index >= 15 is 0 Å². The minimum absolute atomic E-state index is 0.0531. The molecule has 1 nitrogen and oxygen atoms in total. The normalized spacial score (nSPS) is 18.1. The van der Waals surface area contributed by atoms with Crippen LogP contribution in [0.1, 0.15) is 29.9 Å². The van der Waals surface area contributed by atoms with Gasteiger partial charge in [0.15, 0.2) is 0 Å². The second-order valence-electron chi connectivity index (χ2n) is 4.09. The maximum atomic E-state index is 13.8. The van der Waals surface area contributed by atoms with Crippen LogP contribution in [-0.4, -0.2) is 13.1 Å². The molecule has 15 heavy (non-hydrogen) atoms. The number of hydrogen-bond acceptors (Lipinski definition) is 1. The second kappa shape index (κ2) is 4.62. The standard InChI is InChI=1S/C12H15BrFN/c1-8-10(13)2-3-11(14)12(8)9-4-6-15-7-5-9/h2-3,9,15H,4-7H2,1H3. The molecule has 0 aromatic heterocycles.